The van der Waals surface area contributed by atoms with Crippen LogP contribution in [0.5, 0.6) is 11.5 Å². The van der Waals surface area contributed by atoms with E-state index >= 15 is 0 Å². The van der Waals surface area contributed by atoms with Gasteiger partial charge < -0.3 is 9.84 Å². The molecular formula is C14H15NO2. The largest absolute Gasteiger partial charge is 0.457 e. The minimum atomic E-state index is -0.0793. The van der Waals surface area contributed by atoms with Crippen LogP contribution in [0.1, 0.15) is 16.8 Å². The summed E-state index contributed by atoms with van der Waals surface area (Å²) in [5.74, 6) is 1.52. The molecule has 2 aromatic rings. The van der Waals surface area contributed by atoms with Gasteiger partial charge in [0.05, 0.1) is 12.3 Å². The fraction of sp³-hybridized carbons (Fsp3) is 0.214. The molecule has 1 heterocycles. The Morgan fingerprint density at radius 1 is 1.18 bits per heavy atom. The molecule has 0 spiro atoms. The van der Waals surface area contributed by atoms with Crippen LogP contribution in [0.2, 0.25) is 0 Å². The Balaban J connectivity index is 2.25. The number of hydrogen-bond donors (Lipinski definition) is 1. The van der Waals surface area contributed by atoms with Crippen LogP contribution in [-0.2, 0) is 6.61 Å². The third-order valence-electron chi connectivity index (χ3n) is 2.51. The molecule has 0 aliphatic heterocycles. The number of aliphatic hydroxyl groups excluding tert-OH is 1. The predicted molar refractivity (Wildman–Crippen MR) is 66.1 cm³/mol. The van der Waals surface area contributed by atoms with Crippen LogP contribution in [-0.4, -0.2) is 10.1 Å². The Kier molecular flexibility index (Phi) is 3.40. The fourth-order valence-corrected chi connectivity index (χ4v) is 1.65. The minimum Gasteiger partial charge on any atom is -0.457 e. The summed E-state index contributed by atoms with van der Waals surface area (Å²) in [4.78, 5) is 4.01. The second kappa shape index (κ2) is 4.97. The number of nitrogens with zero attached hydrogens (tertiary/aromatic N) is 1. The van der Waals surface area contributed by atoms with Gasteiger partial charge in [-0.1, -0.05) is 17.7 Å². The molecule has 0 aliphatic rings. The Labute approximate surface area is 101 Å². The maximum atomic E-state index is 9.00. The van der Waals surface area contributed by atoms with Crippen molar-refractivity contribution in [1.82, 2.24) is 4.98 Å². The second-order valence-electron chi connectivity index (χ2n) is 4.01. The summed E-state index contributed by atoms with van der Waals surface area (Å²) in [6.45, 7) is 3.98. The van der Waals surface area contributed by atoms with E-state index in [1.54, 1.807) is 18.3 Å². The standard InChI is InChI=1S/C14H15NO2/c1-10-3-4-14(11(2)7-10)17-13-5-6-15-12(8-13)9-16/h3-8,16H,9H2,1-2H3. The zero-order chi connectivity index (χ0) is 12.3. The molecule has 2 rings (SSSR count). The molecule has 1 aromatic carbocycles. The van der Waals surface area contributed by atoms with E-state index in [4.69, 9.17) is 9.84 Å². The molecule has 17 heavy (non-hydrogen) atoms. The van der Waals surface area contributed by atoms with E-state index in [0.29, 0.717) is 11.4 Å². The summed E-state index contributed by atoms with van der Waals surface area (Å²) in [5, 5.41) is 9.00. The Hall–Kier alpha value is -1.87. The van der Waals surface area contributed by atoms with Crippen molar-refractivity contribution in [1.29, 1.82) is 0 Å². The summed E-state index contributed by atoms with van der Waals surface area (Å²) in [7, 11) is 0. The first-order chi connectivity index (χ1) is 8.19. The van der Waals surface area contributed by atoms with Gasteiger partial charge in [0.2, 0.25) is 0 Å². The lowest BCUT2D eigenvalue weighted by Gasteiger charge is -2.09. The number of benzene rings is 1. The number of hydrogen-bond acceptors (Lipinski definition) is 3. The monoisotopic (exact) mass is 229 g/mol. The minimum absolute atomic E-state index is 0.0793. The van der Waals surface area contributed by atoms with Crippen molar-refractivity contribution < 1.29 is 9.84 Å². The van der Waals surface area contributed by atoms with E-state index in [0.717, 1.165) is 11.3 Å². The molecule has 0 saturated heterocycles. The molecule has 1 aromatic heterocycles. The number of pyridine rings is 1. The SMILES string of the molecule is Cc1ccc(Oc2ccnc(CO)c2)c(C)c1. The van der Waals surface area contributed by atoms with Crippen LogP contribution in [0.4, 0.5) is 0 Å². The van der Waals surface area contributed by atoms with Gasteiger partial charge in [0, 0.05) is 12.3 Å². The van der Waals surface area contributed by atoms with Gasteiger partial charge in [-0.05, 0) is 31.5 Å². The van der Waals surface area contributed by atoms with Crippen molar-refractivity contribution in [3.63, 3.8) is 0 Å². The van der Waals surface area contributed by atoms with Crippen molar-refractivity contribution in [2.24, 2.45) is 0 Å². The highest BCUT2D eigenvalue weighted by atomic mass is 16.5. The van der Waals surface area contributed by atoms with Gasteiger partial charge >= 0.3 is 0 Å². The van der Waals surface area contributed by atoms with Gasteiger partial charge in [-0.25, -0.2) is 0 Å². The molecule has 1 N–H and O–H groups in total. The van der Waals surface area contributed by atoms with Gasteiger partial charge in [0.1, 0.15) is 11.5 Å². The van der Waals surface area contributed by atoms with E-state index in [1.165, 1.54) is 5.56 Å². The van der Waals surface area contributed by atoms with Crippen molar-refractivity contribution in [3.8, 4) is 11.5 Å². The molecule has 0 radical (unpaired) electrons. The van der Waals surface area contributed by atoms with E-state index in [1.807, 2.05) is 26.0 Å². The van der Waals surface area contributed by atoms with Crippen LogP contribution < -0.4 is 4.74 Å². The average molecular weight is 229 g/mol. The molecule has 0 bridgehead atoms. The molecule has 3 nitrogen and oxygen atoms in total. The summed E-state index contributed by atoms with van der Waals surface area (Å²) in [6.07, 6.45) is 1.63. The summed E-state index contributed by atoms with van der Waals surface area (Å²) in [5.41, 5.74) is 2.90. The van der Waals surface area contributed by atoms with Crippen molar-refractivity contribution >= 4 is 0 Å². The topological polar surface area (TPSA) is 42.4 Å². The molecule has 0 aliphatic carbocycles. The molecule has 0 unspecified atom stereocenters. The fourth-order valence-electron chi connectivity index (χ4n) is 1.65. The Bertz CT molecular complexity index is 523. The van der Waals surface area contributed by atoms with E-state index in [9.17, 15) is 0 Å². The molecule has 0 saturated carbocycles. The lowest BCUT2D eigenvalue weighted by Crippen LogP contribution is -1.92. The highest BCUT2D eigenvalue weighted by Crippen LogP contribution is 2.25. The molecule has 0 atom stereocenters. The molecular weight excluding hydrogens is 214 g/mol. The van der Waals surface area contributed by atoms with Gasteiger partial charge in [-0.2, -0.15) is 0 Å². The molecule has 88 valence electrons. The summed E-state index contributed by atoms with van der Waals surface area (Å²) < 4.78 is 5.76. The van der Waals surface area contributed by atoms with Crippen LogP contribution >= 0.6 is 0 Å². The lowest BCUT2D eigenvalue weighted by molar-refractivity contribution is 0.276. The highest BCUT2D eigenvalue weighted by Gasteiger charge is 2.02. The second-order valence-corrected chi connectivity index (χ2v) is 4.01. The number of aryl methyl sites for hydroxylation is 2. The lowest BCUT2D eigenvalue weighted by atomic mass is 10.1. The van der Waals surface area contributed by atoms with Crippen molar-refractivity contribution in [2.75, 3.05) is 0 Å². The molecule has 0 amide bonds. The van der Waals surface area contributed by atoms with Gasteiger partial charge in [0.15, 0.2) is 0 Å². The molecule has 0 fully saturated rings. The third kappa shape index (κ3) is 2.82. The van der Waals surface area contributed by atoms with E-state index in [2.05, 4.69) is 11.1 Å². The van der Waals surface area contributed by atoms with Crippen LogP contribution in [0.25, 0.3) is 0 Å². The average Bonchev–Trinajstić information content (AvgIpc) is 2.33. The van der Waals surface area contributed by atoms with Crippen LogP contribution in [0.3, 0.4) is 0 Å². The first kappa shape index (κ1) is 11.6. The van der Waals surface area contributed by atoms with Crippen molar-refractivity contribution in [2.45, 2.75) is 20.5 Å². The van der Waals surface area contributed by atoms with Gasteiger partial charge in [0.25, 0.3) is 0 Å². The first-order valence-corrected chi connectivity index (χ1v) is 5.50. The van der Waals surface area contributed by atoms with E-state index in [-0.39, 0.29) is 6.61 Å². The zero-order valence-corrected chi connectivity index (χ0v) is 9.97. The summed E-state index contributed by atoms with van der Waals surface area (Å²) >= 11 is 0. The number of rotatable bonds is 3. The van der Waals surface area contributed by atoms with E-state index < -0.39 is 0 Å². The highest BCUT2D eigenvalue weighted by molar-refractivity contribution is 5.39. The van der Waals surface area contributed by atoms with Gasteiger partial charge in [-0.3, -0.25) is 4.98 Å². The number of aromatic nitrogens is 1. The van der Waals surface area contributed by atoms with Crippen molar-refractivity contribution in [3.05, 3.63) is 53.3 Å². The normalized spacial score (nSPS) is 10.3. The third-order valence-corrected chi connectivity index (χ3v) is 2.51. The van der Waals surface area contributed by atoms with Crippen LogP contribution in [0.15, 0.2) is 36.5 Å². The number of aliphatic hydroxyl groups is 1. The zero-order valence-electron chi connectivity index (χ0n) is 9.97. The Morgan fingerprint density at radius 3 is 2.71 bits per heavy atom. The maximum Gasteiger partial charge on any atom is 0.130 e. The molecule has 3 heteroatoms. The maximum absolute atomic E-state index is 9.00. The first-order valence-electron chi connectivity index (χ1n) is 5.50. The smallest absolute Gasteiger partial charge is 0.130 e. The van der Waals surface area contributed by atoms with Crippen LogP contribution in [0, 0.1) is 13.8 Å². The van der Waals surface area contributed by atoms with Gasteiger partial charge in [-0.15, -0.1) is 0 Å². The Morgan fingerprint density at radius 2 is 2.00 bits per heavy atom. The number of ether oxygens (including phenoxy) is 1. The summed E-state index contributed by atoms with van der Waals surface area (Å²) in [6, 6.07) is 9.54. The predicted octanol–water partition coefficient (Wildman–Crippen LogP) is 2.98. The quantitative estimate of drug-likeness (QED) is 0.879.